The first-order valence-electron chi connectivity index (χ1n) is 6.31. The standard InChI is InChI=1S/C14H16N2O5/c1-3-21-14(18)8-10(2)15-13(17)9-11-6-4-5-7-12(11)16(19)20/h4-8H,3,9H2,1-2H3,(H,15,17)/b10-8+. The average molecular weight is 292 g/mol. The lowest BCUT2D eigenvalue weighted by molar-refractivity contribution is -0.385. The van der Waals surface area contributed by atoms with Crippen LogP contribution in [-0.2, 0) is 20.7 Å². The third-order valence-corrected chi connectivity index (χ3v) is 2.50. The van der Waals surface area contributed by atoms with Gasteiger partial charge in [0.15, 0.2) is 0 Å². The van der Waals surface area contributed by atoms with Gasteiger partial charge < -0.3 is 10.1 Å². The number of hydrogen-bond donors (Lipinski definition) is 1. The van der Waals surface area contributed by atoms with E-state index < -0.39 is 16.8 Å². The maximum atomic E-state index is 11.8. The van der Waals surface area contributed by atoms with Crippen LogP contribution in [0.25, 0.3) is 0 Å². The third kappa shape index (κ3) is 5.43. The van der Waals surface area contributed by atoms with Crippen molar-refractivity contribution in [1.29, 1.82) is 0 Å². The molecule has 1 rings (SSSR count). The second-order valence-corrected chi connectivity index (χ2v) is 4.19. The van der Waals surface area contributed by atoms with Gasteiger partial charge in [0.05, 0.1) is 18.0 Å². The molecule has 7 heteroatoms. The second-order valence-electron chi connectivity index (χ2n) is 4.19. The number of carbonyl (C=O) groups is 2. The minimum Gasteiger partial charge on any atom is -0.463 e. The summed E-state index contributed by atoms with van der Waals surface area (Å²) in [4.78, 5) is 33.3. The molecule has 0 spiro atoms. The van der Waals surface area contributed by atoms with Crippen LogP contribution in [0.4, 0.5) is 5.69 Å². The molecule has 0 radical (unpaired) electrons. The van der Waals surface area contributed by atoms with E-state index in [1.807, 2.05) is 0 Å². The van der Waals surface area contributed by atoms with Gasteiger partial charge in [-0.2, -0.15) is 0 Å². The Morgan fingerprint density at radius 2 is 2.05 bits per heavy atom. The summed E-state index contributed by atoms with van der Waals surface area (Å²) in [6.45, 7) is 3.45. The first-order valence-corrected chi connectivity index (χ1v) is 6.31. The highest BCUT2D eigenvalue weighted by atomic mass is 16.6. The van der Waals surface area contributed by atoms with Gasteiger partial charge in [-0.3, -0.25) is 14.9 Å². The number of hydrogen-bond acceptors (Lipinski definition) is 5. The summed E-state index contributed by atoms with van der Waals surface area (Å²) in [5.41, 5.74) is 0.514. The van der Waals surface area contributed by atoms with Crippen LogP contribution in [0.5, 0.6) is 0 Å². The third-order valence-electron chi connectivity index (χ3n) is 2.50. The van der Waals surface area contributed by atoms with Gasteiger partial charge in [-0.25, -0.2) is 4.79 Å². The molecule has 0 aliphatic carbocycles. The summed E-state index contributed by atoms with van der Waals surface area (Å²) in [7, 11) is 0. The van der Waals surface area contributed by atoms with E-state index in [2.05, 4.69) is 5.32 Å². The van der Waals surface area contributed by atoms with Gasteiger partial charge in [-0.1, -0.05) is 18.2 Å². The molecule has 0 saturated heterocycles. The van der Waals surface area contributed by atoms with E-state index in [0.717, 1.165) is 6.08 Å². The predicted octanol–water partition coefficient (Wildman–Crippen LogP) is 1.72. The number of ether oxygens (including phenoxy) is 1. The topological polar surface area (TPSA) is 98.5 Å². The summed E-state index contributed by atoms with van der Waals surface area (Å²) in [6.07, 6.45) is 1.01. The van der Waals surface area contributed by atoms with E-state index in [9.17, 15) is 19.7 Å². The van der Waals surface area contributed by atoms with E-state index in [4.69, 9.17) is 4.74 Å². The lowest BCUT2D eigenvalue weighted by Gasteiger charge is -2.06. The SMILES string of the molecule is CCOC(=O)/C=C(\C)NC(=O)Cc1ccccc1[N+](=O)[O-]. The fourth-order valence-corrected chi connectivity index (χ4v) is 1.67. The maximum Gasteiger partial charge on any atom is 0.332 e. The molecular weight excluding hydrogens is 276 g/mol. The highest BCUT2D eigenvalue weighted by Gasteiger charge is 2.15. The number of carbonyl (C=O) groups excluding carboxylic acids is 2. The van der Waals surface area contributed by atoms with Gasteiger partial charge in [0.25, 0.3) is 5.69 Å². The first-order chi connectivity index (χ1) is 9.93. The lowest BCUT2D eigenvalue weighted by atomic mass is 10.1. The summed E-state index contributed by atoms with van der Waals surface area (Å²) in [5, 5.41) is 13.3. The zero-order chi connectivity index (χ0) is 15.8. The highest BCUT2D eigenvalue weighted by Crippen LogP contribution is 2.18. The summed E-state index contributed by atoms with van der Waals surface area (Å²) in [5.74, 6) is -0.997. The number of esters is 1. The first kappa shape index (κ1) is 16.4. The minimum absolute atomic E-state index is 0.111. The Kier molecular flexibility index (Phi) is 6.06. The van der Waals surface area contributed by atoms with Crippen molar-refractivity contribution in [1.82, 2.24) is 5.32 Å². The predicted molar refractivity (Wildman–Crippen MR) is 75.3 cm³/mol. The zero-order valence-electron chi connectivity index (χ0n) is 11.8. The Morgan fingerprint density at radius 3 is 2.67 bits per heavy atom. The quantitative estimate of drug-likeness (QED) is 0.372. The molecule has 0 aromatic heterocycles. The van der Waals surface area contributed by atoms with Crippen LogP contribution in [0.2, 0.25) is 0 Å². The number of nitrogens with zero attached hydrogens (tertiary/aromatic N) is 1. The number of nitro groups is 1. The molecule has 0 unspecified atom stereocenters. The van der Waals surface area contributed by atoms with Crippen molar-refractivity contribution >= 4 is 17.6 Å². The van der Waals surface area contributed by atoms with Crippen LogP contribution in [0.15, 0.2) is 36.0 Å². The average Bonchev–Trinajstić information content (AvgIpc) is 2.38. The van der Waals surface area contributed by atoms with Crippen LogP contribution in [0.3, 0.4) is 0 Å². The van der Waals surface area contributed by atoms with E-state index >= 15 is 0 Å². The van der Waals surface area contributed by atoms with E-state index in [-0.39, 0.29) is 18.7 Å². The van der Waals surface area contributed by atoms with Gasteiger partial charge in [0, 0.05) is 23.4 Å². The van der Waals surface area contributed by atoms with E-state index in [0.29, 0.717) is 11.3 Å². The number of nitro benzene ring substituents is 1. The second kappa shape index (κ2) is 7.78. The molecule has 1 N–H and O–H groups in total. The number of benzene rings is 1. The molecule has 112 valence electrons. The molecule has 0 aliphatic heterocycles. The Labute approximate surface area is 121 Å². The molecule has 0 fully saturated rings. The Bertz CT molecular complexity index is 580. The summed E-state index contributed by atoms with van der Waals surface area (Å²) < 4.78 is 4.71. The van der Waals surface area contributed by atoms with Crippen LogP contribution >= 0.6 is 0 Å². The van der Waals surface area contributed by atoms with Crippen LogP contribution in [0.1, 0.15) is 19.4 Å². The number of para-hydroxylation sites is 1. The molecule has 0 saturated carbocycles. The maximum absolute atomic E-state index is 11.8. The lowest BCUT2D eigenvalue weighted by Crippen LogP contribution is -2.24. The van der Waals surface area contributed by atoms with Gasteiger partial charge >= 0.3 is 5.97 Å². The van der Waals surface area contributed by atoms with Crippen molar-refractivity contribution in [3.05, 3.63) is 51.7 Å². The molecule has 0 atom stereocenters. The monoisotopic (exact) mass is 292 g/mol. The molecule has 1 aromatic rings. The molecule has 0 bridgehead atoms. The highest BCUT2D eigenvalue weighted by molar-refractivity contribution is 5.86. The molecule has 0 aliphatic rings. The van der Waals surface area contributed by atoms with Crippen LogP contribution in [0, 0.1) is 10.1 Å². The Balaban J connectivity index is 2.70. The normalized spacial score (nSPS) is 10.9. The number of amides is 1. The molecule has 1 amide bonds. The summed E-state index contributed by atoms with van der Waals surface area (Å²) in [6, 6.07) is 6.01. The largest absolute Gasteiger partial charge is 0.463 e. The van der Waals surface area contributed by atoms with Gasteiger partial charge in [-0.05, 0) is 13.8 Å². The van der Waals surface area contributed by atoms with Crippen molar-refractivity contribution in [2.45, 2.75) is 20.3 Å². The number of rotatable bonds is 6. The Morgan fingerprint density at radius 1 is 1.38 bits per heavy atom. The van der Waals surface area contributed by atoms with Crippen molar-refractivity contribution in [3.63, 3.8) is 0 Å². The molecule has 0 heterocycles. The van der Waals surface area contributed by atoms with E-state index in [1.165, 1.54) is 25.1 Å². The minimum atomic E-state index is -0.555. The van der Waals surface area contributed by atoms with E-state index in [1.54, 1.807) is 13.0 Å². The molecule has 21 heavy (non-hydrogen) atoms. The van der Waals surface area contributed by atoms with Crippen LogP contribution in [-0.4, -0.2) is 23.4 Å². The fraction of sp³-hybridized carbons (Fsp3) is 0.286. The number of allylic oxidation sites excluding steroid dienone is 1. The number of nitrogens with one attached hydrogen (secondary N) is 1. The smallest absolute Gasteiger partial charge is 0.332 e. The van der Waals surface area contributed by atoms with Crippen molar-refractivity contribution < 1.29 is 19.2 Å². The Hall–Kier alpha value is -2.70. The van der Waals surface area contributed by atoms with Gasteiger partial charge in [-0.15, -0.1) is 0 Å². The molecule has 7 nitrogen and oxygen atoms in total. The summed E-state index contributed by atoms with van der Waals surface area (Å²) >= 11 is 0. The van der Waals surface area contributed by atoms with Gasteiger partial charge in [0.1, 0.15) is 0 Å². The fourth-order valence-electron chi connectivity index (χ4n) is 1.67. The van der Waals surface area contributed by atoms with Crippen molar-refractivity contribution in [2.75, 3.05) is 6.61 Å². The molecule has 1 aromatic carbocycles. The van der Waals surface area contributed by atoms with Crippen molar-refractivity contribution in [2.24, 2.45) is 0 Å². The van der Waals surface area contributed by atoms with Crippen LogP contribution < -0.4 is 5.32 Å². The van der Waals surface area contributed by atoms with Gasteiger partial charge in [0.2, 0.25) is 5.91 Å². The zero-order valence-corrected chi connectivity index (χ0v) is 11.8. The molecular formula is C14H16N2O5. The van der Waals surface area contributed by atoms with Crippen molar-refractivity contribution in [3.8, 4) is 0 Å².